The maximum atomic E-state index is 11.2. The highest BCUT2D eigenvalue weighted by Gasteiger charge is 2.32. The molecule has 1 aromatic rings. The Labute approximate surface area is 121 Å². The van der Waals surface area contributed by atoms with Crippen molar-refractivity contribution in [3.05, 3.63) is 28.8 Å². The van der Waals surface area contributed by atoms with Gasteiger partial charge < -0.3 is 4.52 Å². The van der Waals surface area contributed by atoms with Crippen LogP contribution in [0.25, 0.3) is 0 Å². The predicted octanol–water partition coefficient (Wildman–Crippen LogP) is 4.10. The first kappa shape index (κ1) is 17.2. The Morgan fingerprint density at radius 1 is 1.30 bits per heavy atom. The molecule has 0 aliphatic rings. The maximum absolute atomic E-state index is 11.2. The van der Waals surface area contributed by atoms with Gasteiger partial charge >= 0.3 is 7.82 Å². The van der Waals surface area contributed by atoms with Crippen LogP contribution < -0.4 is 4.52 Å². The lowest BCUT2D eigenvalue weighted by Crippen LogP contribution is -2.27. The minimum atomic E-state index is -4.56. The lowest BCUT2D eigenvalue weighted by Gasteiger charge is -2.34. The van der Waals surface area contributed by atoms with Gasteiger partial charge in [-0.3, -0.25) is 9.79 Å². The molecule has 0 amide bonds. The van der Waals surface area contributed by atoms with Gasteiger partial charge in [0.1, 0.15) is 5.75 Å². The topological polar surface area (TPSA) is 66.8 Å². The normalized spacial score (nSPS) is 14.2. The van der Waals surface area contributed by atoms with Crippen LogP contribution >= 0.6 is 7.82 Å². The molecular weight excluding hydrogens is 275 g/mol. The average Bonchev–Trinajstić information content (AvgIpc) is 2.29. The molecule has 1 rings (SSSR count). The first-order valence-corrected chi connectivity index (χ1v) is 8.39. The summed E-state index contributed by atoms with van der Waals surface area (Å²) >= 11 is 0. The van der Waals surface area contributed by atoms with Gasteiger partial charge in [0.2, 0.25) is 0 Å². The maximum Gasteiger partial charge on any atom is 0.524 e. The molecule has 5 heteroatoms. The highest BCUT2D eigenvalue weighted by Crippen LogP contribution is 2.46. The lowest BCUT2D eigenvalue weighted by atomic mass is 9.72. The summed E-state index contributed by atoms with van der Waals surface area (Å²) in [5.41, 5.74) is 2.44. The Kier molecular flexibility index (Phi) is 5.07. The second-order valence-electron chi connectivity index (χ2n) is 6.07. The summed E-state index contributed by atoms with van der Waals surface area (Å²) in [6.45, 7) is 12.2. The first-order valence-electron chi connectivity index (χ1n) is 6.86. The molecule has 4 nitrogen and oxygen atoms in total. The molecule has 20 heavy (non-hydrogen) atoms. The molecule has 0 aliphatic carbocycles. The van der Waals surface area contributed by atoms with Gasteiger partial charge in [0.05, 0.1) is 0 Å². The number of rotatable bonds is 5. The van der Waals surface area contributed by atoms with Crippen molar-refractivity contribution < 1.29 is 18.9 Å². The van der Waals surface area contributed by atoms with Gasteiger partial charge in [0.15, 0.2) is 0 Å². The summed E-state index contributed by atoms with van der Waals surface area (Å²) < 4.78 is 16.2. The molecular formula is C15H25O4P. The summed E-state index contributed by atoms with van der Waals surface area (Å²) in [7, 11) is -4.56. The number of hydrogen-bond acceptors (Lipinski definition) is 2. The molecule has 1 unspecified atom stereocenters. The molecule has 114 valence electrons. The molecule has 0 heterocycles. The number of benzene rings is 1. The monoisotopic (exact) mass is 300 g/mol. The molecule has 0 bridgehead atoms. The van der Waals surface area contributed by atoms with Gasteiger partial charge in [0, 0.05) is 5.56 Å². The molecule has 0 aliphatic heterocycles. The third-order valence-electron chi connectivity index (χ3n) is 4.17. The molecule has 0 fully saturated rings. The van der Waals surface area contributed by atoms with Gasteiger partial charge in [0.25, 0.3) is 0 Å². The van der Waals surface area contributed by atoms with Crippen LogP contribution in [-0.2, 0) is 9.98 Å². The van der Waals surface area contributed by atoms with Crippen LogP contribution in [-0.4, -0.2) is 9.79 Å². The van der Waals surface area contributed by atoms with Crippen molar-refractivity contribution in [3.63, 3.8) is 0 Å². The van der Waals surface area contributed by atoms with E-state index < -0.39 is 7.82 Å². The Morgan fingerprint density at radius 3 is 2.30 bits per heavy atom. The quantitative estimate of drug-likeness (QED) is 0.803. The summed E-state index contributed by atoms with van der Waals surface area (Å²) in [6, 6.07) is 3.84. The van der Waals surface area contributed by atoms with E-state index in [9.17, 15) is 4.57 Å². The van der Waals surface area contributed by atoms with Crippen molar-refractivity contribution in [2.75, 3.05) is 0 Å². The molecule has 1 atom stereocenters. The van der Waals surface area contributed by atoms with Crippen LogP contribution in [0.1, 0.15) is 50.8 Å². The van der Waals surface area contributed by atoms with Gasteiger partial charge in [-0.15, -0.1) is 0 Å². The molecule has 0 saturated carbocycles. The fourth-order valence-corrected chi connectivity index (χ4v) is 2.93. The van der Waals surface area contributed by atoms with E-state index in [0.29, 0.717) is 11.7 Å². The Morgan fingerprint density at radius 2 is 1.85 bits per heavy atom. The van der Waals surface area contributed by atoms with E-state index >= 15 is 0 Å². The lowest BCUT2D eigenvalue weighted by molar-refractivity contribution is 0.273. The molecule has 0 spiro atoms. The Hall–Kier alpha value is -0.830. The van der Waals surface area contributed by atoms with Gasteiger partial charge in [-0.1, -0.05) is 51.8 Å². The number of aryl methyl sites for hydroxylation is 2. The highest BCUT2D eigenvalue weighted by atomic mass is 31.2. The molecule has 0 aromatic heterocycles. The smallest absolute Gasteiger partial charge is 0.404 e. The van der Waals surface area contributed by atoms with E-state index in [4.69, 9.17) is 14.3 Å². The standard InChI is InChI=1S/C15H25O4P/c1-7-12(4)15(5,6)13-9-10(2)8-11(3)14(13)19-20(16,17)18/h8-9,12H,7H2,1-6H3,(H2,16,17,18). The Bertz CT molecular complexity index is 531. The molecule has 0 radical (unpaired) electrons. The second kappa shape index (κ2) is 5.88. The van der Waals surface area contributed by atoms with Crippen LogP contribution in [0.5, 0.6) is 5.75 Å². The molecule has 2 N–H and O–H groups in total. The van der Waals surface area contributed by atoms with E-state index in [1.165, 1.54) is 0 Å². The van der Waals surface area contributed by atoms with Crippen molar-refractivity contribution in [1.29, 1.82) is 0 Å². The molecule has 1 aromatic carbocycles. The Balaban J connectivity index is 3.48. The van der Waals surface area contributed by atoms with Crippen LogP contribution in [0.4, 0.5) is 0 Å². The van der Waals surface area contributed by atoms with E-state index in [-0.39, 0.29) is 5.41 Å². The van der Waals surface area contributed by atoms with Gasteiger partial charge in [-0.05, 0) is 30.7 Å². The average molecular weight is 300 g/mol. The van der Waals surface area contributed by atoms with Gasteiger partial charge in [-0.2, -0.15) is 0 Å². The fraction of sp³-hybridized carbons (Fsp3) is 0.600. The fourth-order valence-electron chi connectivity index (χ4n) is 2.45. The van der Waals surface area contributed by atoms with E-state index in [2.05, 4.69) is 27.7 Å². The van der Waals surface area contributed by atoms with E-state index in [0.717, 1.165) is 23.1 Å². The predicted molar refractivity (Wildman–Crippen MR) is 81.1 cm³/mol. The van der Waals surface area contributed by atoms with Crippen LogP contribution in [0.3, 0.4) is 0 Å². The molecule has 0 saturated heterocycles. The number of phosphoric acid groups is 1. The minimum Gasteiger partial charge on any atom is -0.404 e. The zero-order chi connectivity index (χ0) is 15.7. The van der Waals surface area contributed by atoms with Gasteiger partial charge in [-0.25, -0.2) is 4.57 Å². The first-order chi connectivity index (χ1) is 8.99. The third-order valence-corrected chi connectivity index (χ3v) is 4.59. The zero-order valence-corrected chi connectivity index (χ0v) is 14.0. The summed E-state index contributed by atoms with van der Waals surface area (Å²) in [5, 5.41) is 0. The van der Waals surface area contributed by atoms with Crippen LogP contribution in [0.2, 0.25) is 0 Å². The summed E-state index contributed by atoms with van der Waals surface area (Å²) in [6.07, 6.45) is 0.981. The van der Waals surface area contributed by atoms with Crippen molar-refractivity contribution >= 4 is 7.82 Å². The summed E-state index contributed by atoms with van der Waals surface area (Å²) in [5.74, 6) is 0.678. The highest BCUT2D eigenvalue weighted by molar-refractivity contribution is 7.46. The van der Waals surface area contributed by atoms with Crippen molar-refractivity contribution in [2.24, 2.45) is 5.92 Å². The number of phosphoric ester groups is 1. The van der Waals surface area contributed by atoms with Crippen LogP contribution in [0.15, 0.2) is 12.1 Å². The van der Waals surface area contributed by atoms with Crippen molar-refractivity contribution in [1.82, 2.24) is 0 Å². The van der Waals surface area contributed by atoms with Crippen molar-refractivity contribution in [2.45, 2.75) is 53.4 Å². The van der Waals surface area contributed by atoms with Crippen molar-refractivity contribution in [3.8, 4) is 5.75 Å². The minimum absolute atomic E-state index is 0.226. The number of hydrogen-bond donors (Lipinski definition) is 2. The second-order valence-corrected chi connectivity index (χ2v) is 7.24. The zero-order valence-electron chi connectivity index (χ0n) is 13.1. The van der Waals surface area contributed by atoms with E-state index in [1.54, 1.807) is 0 Å². The SMILES string of the molecule is CCC(C)C(C)(C)c1cc(C)cc(C)c1OP(=O)(O)O. The summed E-state index contributed by atoms with van der Waals surface area (Å²) in [4.78, 5) is 18.3. The van der Waals surface area contributed by atoms with Crippen LogP contribution in [0, 0.1) is 19.8 Å². The third kappa shape index (κ3) is 3.85. The largest absolute Gasteiger partial charge is 0.524 e. The van der Waals surface area contributed by atoms with E-state index in [1.807, 2.05) is 26.0 Å².